The Morgan fingerprint density at radius 3 is 2.94 bits per heavy atom. The molecule has 0 bridgehead atoms. The number of carbonyl (C=O) groups excluding carboxylic acids is 1. The summed E-state index contributed by atoms with van der Waals surface area (Å²) in [5.41, 5.74) is 3.03. The van der Waals surface area contributed by atoms with Crippen LogP contribution < -0.4 is 16.3 Å². The van der Waals surface area contributed by atoms with E-state index in [4.69, 9.17) is 13.9 Å². The van der Waals surface area contributed by atoms with Gasteiger partial charge in [-0.2, -0.15) is 5.10 Å². The van der Waals surface area contributed by atoms with Crippen molar-refractivity contribution in [3.8, 4) is 0 Å². The van der Waals surface area contributed by atoms with Crippen molar-refractivity contribution in [2.24, 2.45) is 10.9 Å². The van der Waals surface area contributed by atoms with Gasteiger partial charge in [-0.25, -0.2) is 18.8 Å². The van der Waals surface area contributed by atoms with Gasteiger partial charge in [0.25, 0.3) is 11.8 Å². The SMILES string of the molecule is C[C@@H](COC1=NCc2nc(=C3C=CC(OCC4CC4(F)F)=CC3)oc2=C1)NC(=O)c1cn[nH]c1. The maximum atomic E-state index is 13.0. The van der Waals surface area contributed by atoms with Crippen molar-refractivity contribution >= 4 is 23.5 Å². The number of H-pyrrole nitrogens is 1. The summed E-state index contributed by atoms with van der Waals surface area (Å²) < 4.78 is 43.1. The molecule has 9 nitrogen and oxygen atoms in total. The van der Waals surface area contributed by atoms with E-state index < -0.39 is 11.8 Å². The Morgan fingerprint density at radius 1 is 1.38 bits per heavy atom. The van der Waals surface area contributed by atoms with E-state index in [0.717, 1.165) is 5.57 Å². The molecule has 1 amide bonds. The second kappa shape index (κ2) is 8.88. The highest BCUT2D eigenvalue weighted by Gasteiger charge is 2.57. The van der Waals surface area contributed by atoms with Crippen LogP contribution in [0.3, 0.4) is 0 Å². The average Bonchev–Trinajstić information content (AvgIpc) is 3.24. The number of hydrogen-bond acceptors (Lipinski definition) is 7. The highest BCUT2D eigenvalue weighted by molar-refractivity contribution is 6.04. The minimum atomic E-state index is -2.58. The third-order valence-corrected chi connectivity index (χ3v) is 5.64. The monoisotopic (exact) mass is 471 g/mol. The fraction of sp³-hybridized carbons (Fsp3) is 0.391. The molecule has 2 atom stereocenters. The third-order valence-electron chi connectivity index (χ3n) is 5.64. The Hall–Kier alpha value is -3.76. The third kappa shape index (κ3) is 4.92. The lowest BCUT2D eigenvalue weighted by molar-refractivity contribution is 0.0752. The van der Waals surface area contributed by atoms with Crippen LogP contribution in [0.15, 0.2) is 45.8 Å². The number of nitrogens with one attached hydrogen (secondary N) is 2. The smallest absolute Gasteiger partial charge is 0.255 e. The number of halogens is 2. The molecule has 2 aromatic rings. The molecule has 178 valence electrons. The van der Waals surface area contributed by atoms with Crippen molar-refractivity contribution in [2.75, 3.05) is 13.2 Å². The number of nitrogens with zero attached hydrogens (tertiary/aromatic N) is 3. The molecule has 3 aliphatic rings. The fourth-order valence-electron chi connectivity index (χ4n) is 3.50. The summed E-state index contributed by atoms with van der Waals surface area (Å²) in [6, 6.07) is -0.248. The lowest BCUT2D eigenvalue weighted by Crippen LogP contribution is -2.36. The lowest BCUT2D eigenvalue weighted by Gasteiger charge is -2.15. The zero-order valence-electron chi connectivity index (χ0n) is 18.4. The molecule has 34 heavy (non-hydrogen) atoms. The van der Waals surface area contributed by atoms with Crippen molar-refractivity contribution in [2.45, 2.75) is 38.3 Å². The van der Waals surface area contributed by atoms with E-state index in [0.29, 0.717) is 46.8 Å². The van der Waals surface area contributed by atoms with Crippen LogP contribution in [0, 0.1) is 5.92 Å². The summed E-state index contributed by atoms with van der Waals surface area (Å²) in [6.07, 6.45) is 10.4. The second-order valence-corrected chi connectivity index (χ2v) is 8.44. The summed E-state index contributed by atoms with van der Waals surface area (Å²) >= 11 is 0. The van der Waals surface area contributed by atoms with Crippen LogP contribution in [-0.2, 0) is 16.0 Å². The molecule has 1 fully saturated rings. The Morgan fingerprint density at radius 2 is 2.24 bits per heavy atom. The van der Waals surface area contributed by atoms with Crippen LogP contribution in [0.25, 0.3) is 11.6 Å². The Bertz CT molecular complexity index is 1290. The number of rotatable bonds is 7. The second-order valence-electron chi connectivity index (χ2n) is 8.44. The summed E-state index contributed by atoms with van der Waals surface area (Å²) in [6.45, 7) is 2.40. The van der Waals surface area contributed by atoms with Crippen molar-refractivity contribution in [3.05, 3.63) is 58.6 Å². The number of oxazole rings is 1. The van der Waals surface area contributed by atoms with E-state index in [1.165, 1.54) is 12.4 Å². The minimum absolute atomic E-state index is 0.0203. The Labute approximate surface area is 192 Å². The molecule has 0 spiro atoms. The largest absolute Gasteiger partial charge is 0.493 e. The van der Waals surface area contributed by atoms with Gasteiger partial charge in [0.15, 0.2) is 5.42 Å². The standard InChI is InChI=1S/C23H23F2N5O4/c1-13(29-21(31)15-8-27-28-9-15)11-33-20-6-19-18(10-26-20)30-22(34-19)14-2-4-17(5-3-14)32-12-16-7-23(16,24)25/h2,4-6,8-9,13,16H,3,7,10-12H2,1H3,(H,27,28)(H,29,31)/t13-,16?/m0/s1. The van der Waals surface area contributed by atoms with Crippen molar-refractivity contribution in [1.82, 2.24) is 20.5 Å². The van der Waals surface area contributed by atoms with Gasteiger partial charge in [-0.15, -0.1) is 0 Å². The zero-order chi connectivity index (χ0) is 23.7. The highest BCUT2D eigenvalue weighted by atomic mass is 19.3. The number of fused-ring (bicyclic) bond motifs is 1. The maximum absolute atomic E-state index is 13.0. The van der Waals surface area contributed by atoms with E-state index >= 15 is 0 Å². The molecule has 0 aromatic carbocycles. The molecule has 0 saturated heterocycles. The quantitative estimate of drug-likeness (QED) is 0.634. The number of aliphatic imine (C=N–C) groups is 1. The Balaban J connectivity index is 1.17. The molecular formula is C23H23F2N5O4. The molecule has 1 unspecified atom stereocenters. The van der Waals surface area contributed by atoms with E-state index in [-0.39, 0.29) is 31.6 Å². The molecule has 1 aliphatic heterocycles. The number of ether oxygens (including phenoxy) is 2. The molecule has 1 saturated carbocycles. The number of alkyl halides is 2. The van der Waals surface area contributed by atoms with Gasteiger partial charge in [-0.3, -0.25) is 9.89 Å². The van der Waals surface area contributed by atoms with Crippen LogP contribution in [0.1, 0.15) is 35.8 Å². The number of aromatic amines is 1. The van der Waals surface area contributed by atoms with Gasteiger partial charge < -0.3 is 19.2 Å². The molecule has 3 heterocycles. The van der Waals surface area contributed by atoms with Gasteiger partial charge in [-0.1, -0.05) is 0 Å². The summed E-state index contributed by atoms with van der Waals surface area (Å²) in [7, 11) is 0. The predicted octanol–water partition coefficient (Wildman–Crippen LogP) is 1.59. The molecule has 11 heteroatoms. The number of carbonyl (C=O) groups is 1. The summed E-state index contributed by atoms with van der Waals surface area (Å²) in [5.74, 6) is -2.54. The van der Waals surface area contributed by atoms with Gasteiger partial charge >= 0.3 is 0 Å². The normalized spacial score (nSPS) is 22.6. The maximum Gasteiger partial charge on any atom is 0.255 e. The van der Waals surface area contributed by atoms with E-state index in [1.807, 2.05) is 19.1 Å². The van der Waals surface area contributed by atoms with Gasteiger partial charge in [0.2, 0.25) is 11.4 Å². The van der Waals surface area contributed by atoms with Crippen LogP contribution >= 0.6 is 0 Å². The minimum Gasteiger partial charge on any atom is -0.493 e. The van der Waals surface area contributed by atoms with Gasteiger partial charge in [0, 0.05) is 24.3 Å². The summed E-state index contributed by atoms with van der Waals surface area (Å²) in [5, 5.41) is 9.17. The van der Waals surface area contributed by atoms with Crippen molar-refractivity contribution < 1.29 is 27.5 Å². The number of amides is 1. The molecule has 5 rings (SSSR count). The number of aromatic nitrogens is 3. The Kier molecular flexibility index (Phi) is 5.76. The van der Waals surface area contributed by atoms with Gasteiger partial charge in [0.05, 0.1) is 36.9 Å². The molecule has 2 aliphatic carbocycles. The van der Waals surface area contributed by atoms with Crippen molar-refractivity contribution in [1.29, 1.82) is 0 Å². The first-order chi connectivity index (χ1) is 16.4. The first-order valence-electron chi connectivity index (χ1n) is 10.9. The lowest BCUT2D eigenvalue weighted by atomic mass is 10.1. The van der Waals surface area contributed by atoms with Gasteiger partial charge in [-0.05, 0) is 31.6 Å². The molecule has 2 aromatic heterocycles. The first kappa shape index (κ1) is 22.1. The van der Waals surface area contributed by atoms with Gasteiger partial charge in [0.1, 0.15) is 18.1 Å². The predicted molar refractivity (Wildman–Crippen MR) is 117 cm³/mol. The summed E-state index contributed by atoms with van der Waals surface area (Å²) in [4.78, 5) is 20.9. The molecule has 0 radical (unpaired) electrons. The molecular weight excluding hydrogens is 448 g/mol. The first-order valence-corrected chi connectivity index (χ1v) is 10.9. The van der Waals surface area contributed by atoms with Crippen LogP contribution in [0.4, 0.5) is 8.78 Å². The van der Waals surface area contributed by atoms with Crippen molar-refractivity contribution in [3.63, 3.8) is 0 Å². The van der Waals surface area contributed by atoms with Crippen LogP contribution in [0.5, 0.6) is 0 Å². The highest BCUT2D eigenvalue weighted by Crippen LogP contribution is 2.48. The zero-order valence-corrected chi connectivity index (χ0v) is 18.4. The number of hydrogen-bond donors (Lipinski definition) is 2. The van der Waals surface area contributed by atoms with E-state index in [2.05, 4.69) is 25.5 Å². The van der Waals surface area contributed by atoms with E-state index in [9.17, 15) is 13.6 Å². The number of allylic oxidation sites excluding steroid dienone is 3. The average molecular weight is 471 g/mol. The molecule has 2 N–H and O–H groups in total. The van der Waals surface area contributed by atoms with Crippen LogP contribution in [0.2, 0.25) is 0 Å². The topological polar surface area (TPSA) is 115 Å². The fourth-order valence-corrected chi connectivity index (χ4v) is 3.50. The van der Waals surface area contributed by atoms with Crippen LogP contribution in [-0.4, -0.2) is 52.2 Å². The van der Waals surface area contributed by atoms with E-state index in [1.54, 1.807) is 12.2 Å².